The average Bonchev–Trinajstić information content (AvgIpc) is 3.17. The summed E-state index contributed by atoms with van der Waals surface area (Å²) in [4.78, 5) is 18.4. The summed E-state index contributed by atoms with van der Waals surface area (Å²) in [5.41, 5.74) is 2.70. The van der Waals surface area contributed by atoms with Gasteiger partial charge in [0.05, 0.1) is 17.1 Å². The van der Waals surface area contributed by atoms with Gasteiger partial charge in [0, 0.05) is 39.6 Å². The number of fused-ring (bicyclic) bond motifs is 2. The molecule has 1 aliphatic carbocycles. The van der Waals surface area contributed by atoms with Crippen LogP contribution in [0.1, 0.15) is 49.4 Å². The Morgan fingerprint density at radius 1 is 1.12 bits per heavy atom. The number of nitrogens with zero attached hydrogens (tertiary/aromatic N) is 4. The molecule has 1 aliphatic rings. The van der Waals surface area contributed by atoms with Gasteiger partial charge in [-0.3, -0.25) is 4.79 Å². The van der Waals surface area contributed by atoms with E-state index in [0.29, 0.717) is 11.9 Å². The minimum Gasteiger partial charge on any atom is -0.343 e. The average molecular weight is 489 g/mol. The van der Waals surface area contributed by atoms with Gasteiger partial charge in [-0.05, 0) is 37.1 Å². The second-order valence-corrected chi connectivity index (χ2v) is 9.29. The summed E-state index contributed by atoms with van der Waals surface area (Å²) in [5, 5.41) is 6.39. The molecule has 2 aromatic carbocycles. The van der Waals surface area contributed by atoms with Crippen molar-refractivity contribution >= 4 is 44.0 Å². The van der Waals surface area contributed by atoms with E-state index in [0.717, 1.165) is 58.0 Å². The Kier molecular flexibility index (Phi) is 5.79. The molecule has 0 spiro atoms. The van der Waals surface area contributed by atoms with Gasteiger partial charge >= 0.3 is 0 Å². The van der Waals surface area contributed by atoms with Crippen LogP contribution in [-0.2, 0) is 6.54 Å². The van der Waals surface area contributed by atoms with E-state index in [1.54, 1.807) is 6.21 Å². The fourth-order valence-electron chi connectivity index (χ4n) is 4.69. The molecule has 5 nitrogen and oxygen atoms in total. The third-order valence-corrected chi connectivity index (χ3v) is 6.75. The highest BCUT2D eigenvalue weighted by Gasteiger charge is 2.22. The molecule has 0 radical (unpaired) electrons. The van der Waals surface area contributed by atoms with Gasteiger partial charge in [0.15, 0.2) is 0 Å². The second-order valence-electron chi connectivity index (χ2n) is 8.37. The first-order chi connectivity index (χ1) is 15.7. The molecule has 1 fully saturated rings. The van der Waals surface area contributed by atoms with Crippen molar-refractivity contribution in [2.24, 2.45) is 5.10 Å². The molecule has 0 atom stereocenters. The van der Waals surface area contributed by atoms with Crippen molar-refractivity contribution in [2.75, 3.05) is 0 Å². The fraction of sp³-hybridized carbons (Fsp3) is 0.269. The predicted molar refractivity (Wildman–Crippen MR) is 135 cm³/mol. The van der Waals surface area contributed by atoms with Gasteiger partial charge in [-0.25, -0.2) is 4.98 Å². The fourth-order valence-corrected chi connectivity index (χ4v) is 5.05. The number of benzene rings is 2. The Bertz CT molecular complexity index is 1390. The van der Waals surface area contributed by atoms with Crippen molar-refractivity contribution in [3.05, 3.63) is 87.5 Å². The van der Waals surface area contributed by atoms with E-state index in [4.69, 9.17) is 10.1 Å². The number of aromatic nitrogens is 3. The Balaban J connectivity index is 1.67. The van der Waals surface area contributed by atoms with Crippen molar-refractivity contribution in [1.29, 1.82) is 0 Å². The molecular formula is C26H25BrN4O. The molecule has 2 heterocycles. The van der Waals surface area contributed by atoms with Crippen LogP contribution < -0.4 is 5.56 Å². The summed E-state index contributed by atoms with van der Waals surface area (Å²) >= 11 is 3.48. The molecule has 5 rings (SSSR count). The summed E-state index contributed by atoms with van der Waals surface area (Å²) < 4.78 is 4.53. The lowest BCUT2D eigenvalue weighted by atomic mass is 9.88. The lowest BCUT2D eigenvalue weighted by Gasteiger charge is -2.22. The van der Waals surface area contributed by atoms with Crippen LogP contribution in [0.2, 0.25) is 0 Å². The van der Waals surface area contributed by atoms with Crippen LogP contribution >= 0.6 is 15.9 Å². The molecule has 0 saturated heterocycles. The van der Waals surface area contributed by atoms with Crippen LogP contribution in [0.4, 0.5) is 0 Å². The quantitative estimate of drug-likeness (QED) is 0.247. The molecule has 4 aromatic rings. The topological polar surface area (TPSA) is 52.2 Å². The summed E-state index contributed by atoms with van der Waals surface area (Å²) in [6, 6.07) is 13.9. The van der Waals surface area contributed by atoms with Crippen LogP contribution in [-0.4, -0.2) is 20.4 Å². The van der Waals surface area contributed by atoms with Crippen molar-refractivity contribution in [1.82, 2.24) is 14.2 Å². The lowest BCUT2D eigenvalue weighted by Crippen LogP contribution is -2.25. The van der Waals surface area contributed by atoms with E-state index in [-0.39, 0.29) is 11.5 Å². The SMILES string of the molecule is C=CCn1cc(C=Nn2c(C3CCCCC3)nc3ccc(Br)cc3c2=O)c2ccccc21. The van der Waals surface area contributed by atoms with Crippen molar-refractivity contribution in [2.45, 2.75) is 44.6 Å². The first kappa shape index (κ1) is 20.9. The Hall–Kier alpha value is -2.99. The maximum Gasteiger partial charge on any atom is 0.282 e. The zero-order chi connectivity index (χ0) is 22.1. The third-order valence-electron chi connectivity index (χ3n) is 6.26. The van der Waals surface area contributed by atoms with Crippen molar-refractivity contribution < 1.29 is 0 Å². The molecule has 0 unspecified atom stereocenters. The number of allylic oxidation sites excluding steroid dienone is 1. The van der Waals surface area contributed by atoms with Gasteiger partial charge in [0.2, 0.25) is 0 Å². The zero-order valence-corrected chi connectivity index (χ0v) is 19.5. The Morgan fingerprint density at radius 2 is 1.94 bits per heavy atom. The minimum atomic E-state index is -0.122. The molecule has 0 aliphatic heterocycles. The molecule has 6 heteroatoms. The monoisotopic (exact) mass is 488 g/mol. The summed E-state index contributed by atoms with van der Waals surface area (Å²) in [7, 11) is 0. The molecule has 0 N–H and O–H groups in total. The van der Waals surface area contributed by atoms with E-state index in [1.807, 2.05) is 36.4 Å². The first-order valence-corrected chi connectivity index (χ1v) is 11.9. The number of rotatable bonds is 5. The third kappa shape index (κ3) is 3.84. The molecule has 1 saturated carbocycles. The zero-order valence-electron chi connectivity index (χ0n) is 17.9. The van der Waals surface area contributed by atoms with Crippen LogP contribution in [0.3, 0.4) is 0 Å². The van der Waals surface area contributed by atoms with Crippen molar-refractivity contribution in [3.63, 3.8) is 0 Å². The maximum atomic E-state index is 13.5. The molecule has 0 amide bonds. The maximum absolute atomic E-state index is 13.5. The van der Waals surface area contributed by atoms with Crippen LogP contribution in [0.25, 0.3) is 21.8 Å². The predicted octanol–water partition coefficient (Wildman–Crippen LogP) is 6.23. The van der Waals surface area contributed by atoms with Gasteiger partial charge in [-0.1, -0.05) is 59.5 Å². The normalized spacial score (nSPS) is 15.2. The molecular weight excluding hydrogens is 464 g/mol. The van der Waals surface area contributed by atoms with Crippen molar-refractivity contribution in [3.8, 4) is 0 Å². The van der Waals surface area contributed by atoms with E-state index >= 15 is 0 Å². The van der Waals surface area contributed by atoms with Gasteiger partial charge < -0.3 is 4.57 Å². The number of hydrogen-bond donors (Lipinski definition) is 0. The Labute approximate surface area is 195 Å². The van der Waals surface area contributed by atoms with Gasteiger partial charge in [-0.2, -0.15) is 9.78 Å². The molecule has 0 bridgehead atoms. The lowest BCUT2D eigenvalue weighted by molar-refractivity contribution is 0.416. The van der Waals surface area contributed by atoms with Crippen LogP contribution in [0, 0.1) is 0 Å². The smallest absolute Gasteiger partial charge is 0.282 e. The summed E-state index contributed by atoms with van der Waals surface area (Å²) in [6.07, 6.45) is 11.4. The first-order valence-electron chi connectivity index (χ1n) is 11.1. The molecule has 32 heavy (non-hydrogen) atoms. The number of para-hydroxylation sites is 1. The van der Waals surface area contributed by atoms with Gasteiger partial charge in [0.25, 0.3) is 5.56 Å². The van der Waals surface area contributed by atoms with E-state index in [2.05, 4.69) is 45.4 Å². The largest absolute Gasteiger partial charge is 0.343 e. The van der Waals surface area contributed by atoms with E-state index in [9.17, 15) is 4.79 Å². The van der Waals surface area contributed by atoms with Gasteiger partial charge in [-0.15, -0.1) is 6.58 Å². The highest BCUT2D eigenvalue weighted by atomic mass is 79.9. The summed E-state index contributed by atoms with van der Waals surface area (Å²) in [5.74, 6) is 1.03. The summed E-state index contributed by atoms with van der Waals surface area (Å²) in [6.45, 7) is 4.58. The Morgan fingerprint density at radius 3 is 2.75 bits per heavy atom. The van der Waals surface area contributed by atoms with E-state index < -0.39 is 0 Å². The second kappa shape index (κ2) is 8.87. The number of hydrogen-bond acceptors (Lipinski definition) is 3. The number of halogens is 1. The van der Waals surface area contributed by atoms with Crippen LogP contribution in [0.5, 0.6) is 0 Å². The molecule has 162 valence electrons. The minimum absolute atomic E-state index is 0.122. The standard InChI is InChI=1S/C26H25BrN4O/c1-2-14-30-17-19(21-10-6-7-11-24(21)30)16-28-31-25(18-8-4-3-5-9-18)29-23-13-12-20(27)15-22(23)26(31)32/h2,6-7,10-13,15-18H,1,3-5,8-9,14H2. The highest BCUT2D eigenvalue weighted by molar-refractivity contribution is 9.10. The van der Waals surface area contributed by atoms with Crippen LogP contribution in [0.15, 0.2) is 75.7 Å². The van der Waals surface area contributed by atoms with E-state index in [1.165, 1.54) is 11.1 Å². The highest BCUT2D eigenvalue weighted by Crippen LogP contribution is 2.32. The van der Waals surface area contributed by atoms with Gasteiger partial charge in [0.1, 0.15) is 5.82 Å². The molecule has 2 aromatic heterocycles.